The first-order valence-corrected chi connectivity index (χ1v) is 6.05. The lowest BCUT2D eigenvalue weighted by Gasteiger charge is -2.07. The normalized spacial score (nSPS) is 10.2. The maximum atomic E-state index is 10.8. The predicted molar refractivity (Wildman–Crippen MR) is 65.8 cm³/mol. The molecule has 0 saturated heterocycles. The van der Waals surface area contributed by atoms with E-state index in [1.165, 1.54) is 18.7 Å². The molecule has 0 aliphatic carbocycles. The van der Waals surface area contributed by atoms with Gasteiger partial charge < -0.3 is 9.84 Å². The SMILES string of the molecule is CCCCCCOc1nccc(C(=O)O)c1Cl. The number of nitrogens with zero attached hydrogens (tertiary/aromatic N) is 1. The van der Waals surface area contributed by atoms with Crippen LogP contribution in [0.15, 0.2) is 12.3 Å². The van der Waals surface area contributed by atoms with Crippen molar-refractivity contribution in [1.29, 1.82) is 0 Å². The Morgan fingerprint density at radius 2 is 2.24 bits per heavy atom. The quantitative estimate of drug-likeness (QED) is 0.761. The van der Waals surface area contributed by atoms with E-state index < -0.39 is 5.97 Å². The summed E-state index contributed by atoms with van der Waals surface area (Å²) in [5.41, 5.74) is 0.0187. The maximum Gasteiger partial charge on any atom is 0.337 e. The first kappa shape index (κ1) is 13.8. The Balaban J connectivity index is 2.54. The molecule has 0 spiro atoms. The minimum Gasteiger partial charge on any atom is -0.478 e. The molecule has 0 amide bonds. The fourth-order valence-electron chi connectivity index (χ4n) is 1.39. The van der Waals surface area contributed by atoms with Crippen molar-refractivity contribution in [3.05, 3.63) is 22.8 Å². The van der Waals surface area contributed by atoms with Crippen molar-refractivity contribution in [2.75, 3.05) is 6.61 Å². The predicted octanol–water partition coefficient (Wildman–Crippen LogP) is 3.39. The van der Waals surface area contributed by atoms with Gasteiger partial charge in [0.15, 0.2) is 0 Å². The van der Waals surface area contributed by atoms with Gasteiger partial charge in [0.2, 0.25) is 5.88 Å². The van der Waals surface area contributed by atoms with Crippen molar-refractivity contribution in [3.8, 4) is 5.88 Å². The highest BCUT2D eigenvalue weighted by Crippen LogP contribution is 2.25. The number of hydrogen-bond acceptors (Lipinski definition) is 3. The van der Waals surface area contributed by atoms with Crippen LogP contribution in [0.2, 0.25) is 5.02 Å². The van der Waals surface area contributed by atoms with Gasteiger partial charge in [-0.3, -0.25) is 0 Å². The van der Waals surface area contributed by atoms with Crippen molar-refractivity contribution in [2.24, 2.45) is 0 Å². The fourth-order valence-corrected chi connectivity index (χ4v) is 1.64. The van der Waals surface area contributed by atoms with E-state index >= 15 is 0 Å². The summed E-state index contributed by atoms with van der Waals surface area (Å²) >= 11 is 5.88. The van der Waals surface area contributed by atoms with Gasteiger partial charge in [-0.15, -0.1) is 0 Å². The van der Waals surface area contributed by atoms with Gasteiger partial charge in [-0.25, -0.2) is 9.78 Å². The van der Waals surface area contributed by atoms with Gasteiger partial charge in [-0.2, -0.15) is 0 Å². The van der Waals surface area contributed by atoms with E-state index in [0.717, 1.165) is 19.3 Å². The number of carbonyl (C=O) groups is 1. The largest absolute Gasteiger partial charge is 0.478 e. The minimum absolute atomic E-state index is 0.0187. The van der Waals surface area contributed by atoms with Gasteiger partial charge >= 0.3 is 5.97 Å². The van der Waals surface area contributed by atoms with Crippen LogP contribution in [0.3, 0.4) is 0 Å². The fraction of sp³-hybridized carbons (Fsp3) is 0.500. The molecule has 1 aromatic rings. The summed E-state index contributed by atoms with van der Waals surface area (Å²) in [7, 11) is 0. The summed E-state index contributed by atoms with van der Waals surface area (Å²) in [6.07, 6.45) is 5.72. The highest BCUT2D eigenvalue weighted by molar-refractivity contribution is 6.34. The number of aromatic nitrogens is 1. The summed E-state index contributed by atoms with van der Waals surface area (Å²) in [6, 6.07) is 1.36. The number of aromatic carboxylic acids is 1. The lowest BCUT2D eigenvalue weighted by molar-refractivity contribution is 0.0696. The van der Waals surface area contributed by atoms with Crippen LogP contribution in [0.25, 0.3) is 0 Å². The number of ether oxygens (including phenoxy) is 1. The van der Waals surface area contributed by atoms with E-state index in [1.54, 1.807) is 0 Å². The van der Waals surface area contributed by atoms with Crippen molar-refractivity contribution in [3.63, 3.8) is 0 Å². The van der Waals surface area contributed by atoms with Gasteiger partial charge in [0, 0.05) is 6.20 Å². The first-order valence-electron chi connectivity index (χ1n) is 5.67. The molecule has 4 nitrogen and oxygen atoms in total. The molecule has 0 saturated carbocycles. The van der Waals surface area contributed by atoms with E-state index in [9.17, 15) is 4.79 Å². The van der Waals surface area contributed by atoms with Crippen molar-refractivity contribution < 1.29 is 14.6 Å². The molecule has 0 bridgehead atoms. The van der Waals surface area contributed by atoms with Crippen LogP contribution in [0.5, 0.6) is 5.88 Å². The molecular weight excluding hydrogens is 242 g/mol. The monoisotopic (exact) mass is 257 g/mol. The second kappa shape index (κ2) is 7.12. The van der Waals surface area contributed by atoms with Gasteiger partial charge in [-0.05, 0) is 12.5 Å². The van der Waals surface area contributed by atoms with E-state index in [0.29, 0.717) is 6.61 Å². The van der Waals surface area contributed by atoms with Crippen LogP contribution in [0.1, 0.15) is 43.0 Å². The Kier molecular flexibility index (Phi) is 5.77. The van der Waals surface area contributed by atoms with E-state index in [1.807, 2.05) is 0 Å². The van der Waals surface area contributed by atoms with Crippen molar-refractivity contribution in [1.82, 2.24) is 4.98 Å². The van der Waals surface area contributed by atoms with Crippen LogP contribution in [0, 0.1) is 0 Å². The van der Waals surface area contributed by atoms with Gasteiger partial charge in [0.25, 0.3) is 0 Å². The zero-order chi connectivity index (χ0) is 12.7. The van der Waals surface area contributed by atoms with Gasteiger partial charge in [0.05, 0.1) is 12.2 Å². The number of carboxylic acids is 1. The highest BCUT2D eigenvalue weighted by atomic mass is 35.5. The van der Waals surface area contributed by atoms with Crippen LogP contribution in [0.4, 0.5) is 0 Å². The second-order valence-corrected chi connectivity index (χ2v) is 4.07. The van der Waals surface area contributed by atoms with Crippen LogP contribution in [-0.2, 0) is 0 Å². The first-order chi connectivity index (χ1) is 8.16. The number of halogens is 1. The Hall–Kier alpha value is -1.29. The number of unbranched alkanes of at least 4 members (excludes halogenated alkanes) is 3. The summed E-state index contributed by atoms with van der Waals surface area (Å²) in [6.45, 7) is 2.64. The molecule has 0 radical (unpaired) electrons. The molecule has 0 aliphatic heterocycles. The van der Waals surface area contributed by atoms with E-state index in [-0.39, 0.29) is 16.5 Å². The summed E-state index contributed by atoms with van der Waals surface area (Å²) in [4.78, 5) is 14.7. The third kappa shape index (κ3) is 4.23. The van der Waals surface area contributed by atoms with Crippen LogP contribution >= 0.6 is 11.6 Å². The number of pyridine rings is 1. The summed E-state index contributed by atoms with van der Waals surface area (Å²) in [5, 5.41) is 8.93. The zero-order valence-electron chi connectivity index (χ0n) is 9.78. The minimum atomic E-state index is -1.08. The lowest BCUT2D eigenvalue weighted by Crippen LogP contribution is -2.04. The Bertz CT molecular complexity index is 382. The number of hydrogen-bond donors (Lipinski definition) is 1. The zero-order valence-corrected chi connectivity index (χ0v) is 10.5. The summed E-state index contributed by atoms with van der Waals surface area (Å²) < 4.78 is 5.37. The van der Waals surface area contributed by atoms with E-state index in [2.05, 4.69) is 11.9 Å². The molecular formula is C12H16ClNO3. The second-order valence-electron chi connectivity index (χ2n) is 3.69. The smallest absolute Gasteiger partial charge is 0.337 e. The molecule has 0 fully saturated rings. The Morgan fingerprint density at radius 1 is 1.47 bits per heavy atom. The molecule has 94 valence electrons. The van der Waals surface area contributed by atoms with Crippen molar-refractivity contribution >= 4 is 17.6 Å². The highest BCUT2D eigenvalue weighted by Gasteiger charge is 2.13. The Morgan fingerprint density at radius 3 is 2.88 bits per heavy atom. The molecule has 1 aromatic heterocycles. The molecule has 1 N–H and O–H groups in total. The average Bonchev–Trinajstić information content (AvgIpc) is 2.30. The maximum absolute atomic E-state index is 10.8. The third-order valence-electron chi connectivity index (χ3n) is 2.32. The van der Waals surface area contributed by atoms with Crippen LogP contribution < -0.4 is 4.74 Å². The molecule has 1 heterocycles. The third-order valence-corrected chi connectivity index (χ3v) is 2.69. The van der Waals surface area contributed by atoms with Gasteiger partial charge in [0.1, 0.15) is 5.02 Å². The van der Waals surface area contributed by atoms with E-state index in [4.69, 9.17) is 21.4 Å². The van der Waals surface area contributed by atoms with Gasteiger partial charge in [-0.1, -0.05) is 37.8 Å². The standard InChI is InChI=1S/C12H16ClNO3/c1-2-3-4-5-8-17-11-10(13)9(12(15)16)6-7-14-11/h6-7H,2-5,8H2,1H3,(H,15,16). The molecule has 0 unspecified atom stereocenters. The number of rotatable bonds is 7. The summed E-state index contributed by atoms with van der Waals surface area (Å²) in [5.74, 6) is -0.878. The lowest BCUT2D eigenvalue weighted by atomic mass is 10.2. The number of carboxylic acid groups (broad SMARTS) is 1. The molecule has 1 rings (SSSR count). The molecule has 0 aliphatic rings. The molecule has 5 heteroatoms. The van der Waals surface area contributed by atoms with Crippen LogP contribution in [-0.4, -0.2) is 22.7 Å². The average molecular weight is 258 g/mol. The van der Waals surface area contributed by atoms with Crippen molar-refractivity contribution in [2.45, 2.75) is 32.6 Å². The Labute approximate surface area is 106 Å². The molecule has 17 heavy (non-hydrogen) atoms. The molecule has 0 aromatic carbocycles. The topological polar surface area (TPSA) is 59.4 Å². The molecule has 0 atom stereocenters.